The molecule has 1 aromatic carbocycles. The van der Waals surface area contributed by atoms with Crippen molar-refractivity contribution in [2.75, 3.05) is 0 Å². The molecule has 2 rings (SSSR count). The Hall–Kier alpha value is -2.23. The van der Waals surface area contributed by atoms with E-state index >= 15 is 0 Å². The largest absolute Gasteiger partial charge is 0.423 e. The lowest BCUT2D eigenvalue weighted by Crippen LogP contribution is -2.29. The molecule has 0 radical (unpaired) electrons. The van der Waals surface area contributed by atoms with Gasteiger partial charge in [-0.05, 0) is 25.5 Å². The summed E-state index contributed by atoms with van der Waals surface area (Å²) in [5.74, 6) is 0. The molecule has 2 atom stereocenters. The highest BCUT2D eigenvalue weighted by Crippen LogP contribution is 2.42. The summed E-state index contributed by atoms with van der Waals surface area (Å²) in [5.41, 5.74) is -4.26. The molecule has 0 bridgehead atoms. The molecule has 8 nitrogen and oxygen atoms in total. The topological polar surface area (TPSA) is 123 Å². The van der Waals surface area contributed by atoms with Gasteiger partial charge in [0.2, 0.25) is 0 Å². The maximum Gasteiger partial charge on any atom is 0.423 e. The molecule has 1 aromatic heterocycles. The van der Waals surface area contributed by atoms with Crippen LogP contribution < -0.4 is 10.9 Å². The number of rotatable bonds is 5. The summed E-state index contributed by atoms with van der Waals surface area (Å²) in [6.07, 6.45) is -5.31. The van der Waals surface area contributed by atoms with E-state index < -0.39 is 46.9 Å². The van der Waals surface area contributed by atoms with Crippen molar-refractivity contribution in [3.8, 4) is 0 Å². The number of fused-ring (bicyclic) bond motifs is 1. The van der Waals surface area contributed by atoms with E-state index in [2.05, 4.69) is 0 Å². The van der Waals surface area contributed by atoms with Gasteiger partial charge in [0, 0.05) is 17.0 Å². The Morgan fingerprint density at radius 3 is 2.50 bits per heavy atom. The molecule has 0 fully saturated rings. The van der Waals surface area contributed by atoms with Gasteiger partial charge in [0.1, 0.15) is 10.9 Å². The zero-order chi connectivity index (χ0) is 19.9. The molecule has 0 amide bonds. The molecule has 0 aliphatic rings. The highest BCUT2D eigenvalue weighted by Gasteiger charge is 2.39. The van der Waals surface area contributed by atoms with E-state index in [9.17, 15) is 37.5 Å². The van der Waals surface area contributed by atoms with E-state index in [1.54, 1.807) is 6.92 Å². The first kappa shape index (κ1) is 20.1. The van der Waals surface area contributed by atoms with Crippen LogP contribution >= 0.6 is 7.60 Å². The number of halogens is 3. The monoisotopic (exact) mass is 394 g/mol. The van der Waals surface area contributed by atoms with Crippen molar-refractivity contribution in [2.45, 2.75) is 32.5 Å². The SMILES string of the molecule is CCC(C)OP(=O)(O)c1cc2cc([N+](=O)[O-])c(C(F)(F)F)cc2[nH]c1=O. The lowest BCUT2D eigenvalue weighted by molar-refractivity contribution is -0.387. The average Bonchev–Trinajstić information content (AvgIpc) is 2.51. The summed E-state index contributed by atoms with van der Waals surface area (Å²) in [6.45, 7) is 3.18. The lowest BCUT2D eigenvalue weighted by Gasteiger charge is -2.16. The molecule has 0 aliphatic heterocycles. The minimum absolute atomic E-state index is 0.207. The van der Waals surface area contributed by atoms with Gasteiger partial charge < -0.3 is 14.4 Å². The normalized spacial score (nSPS) is 15.6. The van der Waals surface area contributed by atoms with Gasteiger partial charge in [-0.2, -0.15) is 13.2 Å². The molecule has 0 aliphatic carbocycles. The number of aromatic nitrogens is 1. The number of nitro groups is 1. The Labute approximate surface area is 144 Å². The van der Waals surface area contributed by atoms with Gasteiger partial charge in [-0.3, -0.25) is 19.5 Å². The molecule has 0 spiro atoms. The number of pyridine rings is 1. The number of nitrogens with zero attached hydrogens (tertiary/aromatic N) is 1. The second-order valence-corrected chi connectivity index (χ2v) is 7.27. The quantitative estimate of drug-likeness (QED) is 0.457. The highest BCUT2D eigenvalue weighted by atomic mass is 31.2. The molecule has 2 unspecified atom stereocenters. The number of H-pyrrole nitrogens is 1. The van der Waals surface area contributed by atoms with Crippen molar-refractivity contribution in [1.29, 1.82) is 0 Å². The van der Waals surface area contributed by atoms with Crippen molar-refractivity contribution in [1.82, 2.24) is 4.98 Å². The Bertz CT molecular complexity index is 972. The summed E-state index contributed by atoms with van der Waals surface area (Å²) < 4.78 is 56.2. The Morgan fingerprint density at radius 1 is 1.38 bits per heavy atom. The maximum atomic E-state index is 13.0. The highest BCUT2D eigenvalue weighted by molar-refractivity contribution is 7.61. The van der Waals surface area contributed by atoms with Crippen LogP contribution in [0.1, 0.15) is 25.8 Å². The second kappa shape index (κ2) is 6.82. The maximum absolute atomic E-state index is 13.0. The fourth-order valence-electron chi connectivity index (χ4n) is 2.19. The number of aromatic amines is 1. The molecule has 0 saturated carbocycles. The zero-order valence-electron chi connectivity index (χ0n) is 13.5. The Balaban J connectivity index is 2.73. The molecule has 26 heavy (non-hydrogen) atoms. The molecule has 142 valence electrons. The molecule has 0 saturated heterocycles. The van der Waals surface area contributed by atoms with E-state index in [1.807, 2.05) is 4.98 Å². The van der Waals surface area contributed by atoms with Gasteiger partial charge in [0.25, 0.3) is 11.2 Å². The van der Waals surface area contributed by atoms with Crippen molar-refractivity contribution >= 4 is 29.5 Å². The van der Waals surface area contributed by atoms with Crippen LogP contribution in [0, 0.1) is 10.1 Å². The summed E-state index contributed by atoms with van der Waals surface area (Å²) in [4.78, 5) is 33.8. The summed E-state index contributed by atoms with van der Waals surface area (Å²) in [7, 11) is -4.58. The minimum Gasteiger partial charge on any atom is -0.321 e. The molecule has 2 aromatic rings. The predicted octanol–water partition coefficient (Wildman–Crippen LogP) is 3.08. The van der Waals surface area contributed by atoms with Crippen molar-refractivity contribution in [2.24, 2.45) is 0 Å². The smallest absolute Gasteiger partial charge is 0.321 e. The fraction of sp³-hybridized carbons (Fsp3) is 0.357. The van der Waals surface area contributed by atoms with Crippen molar-refractivity contribution in [3.05, 3.63) is 44.2 Å². The Morgan fingerprint density at radius 2 is 2.00 bits per heavy atom. The third kappa shape index (κ3) is 3.95. The second-order valence-electron chi connectivity index (χ2n) is 5.54. The van der Waals surface area contributed by atoms with Crippen molar-refractivity contribution in [3.63, 3.8) is 0 Å². The first-order valence-corrected chi connectivity index (χ1v) is 8.89. The van der Waals surface area contributed by atoms with Crippen LogP contribution in [0.4, 0.5) is 18.9 Å². The standard InChI is InChI=1S/C14H14F3N2O6P/c1-3-7(2)25-26(23,24)12-5-8-4-11(19(21)22)9(14(15,16)17)6-10(8)18-13(12)20/h4-7H,3H2,1-2H3,(H,18,20)(H,23,24). The van der Waals surface area contributed by atoms with Gasteiger partial charge in [0.15, 0.2) is 0 Å². The van der Waals surface area contributed by atoms with Gasteiger partial charge in [0.05, 0.1) is 11.0 Å². The van der Waals surface area contributed by atoms with E-state index in [0.717, 1.165) is 6.07 Å². The fourth-order valence-corrected chi connectivity index (χ4v) is 3.56. The molecule has 1 heterocycles. The molecular formula is C14H14F3N2O6P. The first-order chi connectivity index (χ1) is 11.9. The molecule has 2 N–H and O–H groups in total. The van der Waals surface area contributed by atoms with E-state index in [-0.39, 0.29) is 10.9 Å². The van der Waals surface area contributed by atoms with Crippen LogP contribution in [0.5, 0.6) is 0 Å². The van der Waals surface area contributed by atoms with Crippen molar-refractivity contribution < 1.29 is 32.1 Å². The predicted molar refractivity (Wildman–Crippen MR) is 86.5 cm³/mol. The number of hydrogen-bond donors (Lipinski definition) is 2. The van der Waals surface area contributed by atoms with E-state index in [4.69, 9.17) is 4.52 Å². The minimum atomic E-state index is -5.02. The van der Waals surface area contributed by atoms with Crippen LogP contribution in [0.15, 0.2) is 23.0 Å². The Kier molecular flexibility index (Phi) is 5.27. The van der Waals surface area contributed by atoms with Gasteiger partial charge >= 0.3 is 13.8 Å². The van der Waals surface area contributed by atoms with Gasteiger partial charge in [-0.15, -0.1) is 0 Å². The van der Waals surface area contributed by atoms with Crippen LogP contribution in [-0.4, -0.2) is 20.9 Å². The number of hydrogen-bond acceptors (Lipinski definition) is 5. The van der Waals surface area contributed by atoms with Crippen LogP contribution in [0.2, 0.25) is 0 Å². The molecular weight excluding hydrogens is 380 g/mol. The lowest BCUT2D eigenvalue weighted by atomic mass is 10.1. The summed E-state index contributed by atoms with van der Waals surface area (Å²) >= 11 is 0. The first-order valence-electron chi connectivity index (χ1n) is 7.31. The van der Waals surface area contributed by atoms with Gasteiger partial charge in [-0.1, -0.05) is 6.92 Å². The summed E-state index contributed by atoms with van der Waals surface area (Å²) in [6, 6.07) is 1.82. The zero-order valence-corrected chi connectivity index (χ0v) is 14.4. The molecule has 12 heteroatoms. The van der Waals surface area contributed by atoms with E-state index in [1.165, 1.54) is 6.92 Å². The number of nitro benzene ring substituents is 1. The number of alkyl halides is 3. The van der Waals surface area contributed by atoms with Crippen LogP contribution in [0.3, 0.4) is 0 Å². The number of nitrogens with one attached hydrogen (secondary N) is 1. The van der Waals surface area contributed by atoms with E-state index in [0.29, 0.717) is 18.6 Å². The third-order valence-corrected chi connectivity index (χ3v) is 5.23. The van der Waals surface area contributed by atoms with Crippen LogP contribution in [0.25, 0.3) is 10.9 Å². The summed E-state index contributed by atoms with van der Waals surface area (Å²) in [5, 5.41) is 10.0. The van der Waals surface area contributed by atoms with Crippen LogP contribution in [-0.2, 0) is 15.3 Å². The number of benzene rings is 1. The van der Waals surface area contributed by atoms with Gasteiger partial charge in [-0.25, -0.2) is 0 Å². The third-order valence-electron chi connectivity index (χ3n) is 3.65. The average molecular weight is 394 g/mol.